The zero-order chi connectivity index (χ0) is 25.8. The molecule has 0 spiro atoms. The van der Waals surface area contributed by atoms with Gasteiger partial charge in [-0.25, -0.2) is 4.98 Å². The van der Waals surface area contributed by atoms with Crippen molar-refractivity contribution in [3.05, 3.63) is 59.6 Å². The molecular weight excluding hydrogens is 461 g/mol. The highest BCUT2D eigenvalue weighted by Gasteiger charge is 2.35. The number of benzene rings is 1. The minimum absolute atomic E-state index is 0.0234. The number of aryl methyl sites for hydroxylation is 1. The average molecular weight is 491 g/mol. The fourth-order valence-electron chi connectivity index (χ4n) is 3.82. The van der Waals surface area contributed by atoms with E-state index in [0.717, 1.165) is 6.07 Å². The van der Waals surface area contributed by atoms with Crippen LogP contribution in [0.25, 0.3) is 11.1 Å². The predicted octanol–water partition coefficient (Wildman–Crippen LogP) is 5.39. The van der Waals surface area contributed by atoms with Gasteiger partial charge in [0.25, 0.3) is 0 Å². The monoisotopic (exact) mass is 490 g/mol. The Kier molecular flexibility index (Phi) is 7.84. The van der Waals surface area contributed by atoms with Crippen molar-refractivity contribution in [2.45, 2.75) is 52.3 Å². The Morgan fingerprint density at radius 2 is 1.89 bits per heavy atom. The summed E-state index contributed by atoms with van der Waals surface area (Å²) in [6, 6.07) is 8.54. The van der Waals surface area contributed by atoms with Gasteiger partial charge in [0, 0.05) is 17.8 Å². The predicted molar refractivity (Wildman–Crippen MR) is 126 cm³/mol. The van der Waals surface area contributed by atoms with E-state index < -0.39 is 17.3 Å². The van der Waals surface area contributed by atoms with Gasteiger partial charge in [0.05, 0.1) is 17.7 Å². The molecule has 0 saturated heterocycles. The van der Waals surface area contributed by atoms with Crippen LogP contribution in [-0.2, 0) is 17.4 Å². The van der Waals surface area contributed by atoms with Crippen LogP contribution >= 0.6 is 0 Å². The van der Waals surface area contributed by atoms with Crippen molar-refractivity contribution < 1.29 is 27.2 Å². The zero-order valence-corrected chi connectivity index (χ0v) is 20.1. The Hall–Kier alpha value is -3.40. The van der Waals surface area contributed by atoms with Crippen LogP contribution in [0.4, 0.5) is 19.0 Å². The summed E-state index contributed by atoms with van der Waals surface area (Å²) in [5.74, 6) is 0.395. The lowest BCUT2D eigenvalue weighted by Gasteiger charge is -2.27. The molecule has 1 aromatic carbocycles. The number of amides is 1. The fourth-order valence-corrected chi connectivity index (χ4v) is 3.82. The summed E-state index contributed by atoms with van der Waals surface area (Å²) >= 11 is 0. The van der Waals surface area contributed by atoms with Gasteiger partial charge in [-0.3, -0.25) is 4.79 Å². The van der Waals surface area contributed by atoms with Crippen LogP contribution in [0, 0.1) is 12.8 Å². The summed E-state index contributed by atoms with van der Waals surface area (Å²) in [7, 11) is 0. The quantitative estimate of drug-likeness (QED) is 0.417. The van der Waals surface area contributed by atoms with Gasteiger partial charge in [0.15, 0.2) is 0 Å². The fraction of sp³-hybridized carbons (Fsp3) is 0.400. The largest absolute Gasteiger partial charge is 0.491 e. The van der Waals surface area contributed by atoms with Crippen molar-refractivity contribution in [3.8, 4) is 16.9 Å². The number of rotatable bonds is 9. The first kappa shape index (κ1) is 26.2. The molecule has 1 amide bonds. The third-order valence-corrected chi connectivity index (χ3v) is 5.10. The lowest BCUT2D eigenvalue weighted by Crippen LogP contribution is -2.43. The Morgan fingerprint density at radius 1 is 1.17 bits per heavy atom. The molecule has 188 valence electrons. The number of pyridine rings is 1. The number of nitrogens with two attached hydrogens (primary N) is 1. The molecule has 10 heteroatoms. The molecule has 35 heavy (non-hydrogen) atoms. The van der Waals surface area contributed by atoms with E-state index in [-0.39, 0.29) is 36.4 Å². The van der Waals surface area contributed by atoms with E-state index in [2.05, 4.69) is 15.5 Å². The molecule has 3 aromatic rings. The minimum Gasteiger partial charge on any atom is -0.491 e. The first-order valence-electron chi connectivity index (χ1n) is 11.1. The third kappa shape index (κ3) is 7.54. The summed E-state index contributed by atoms with van der Waals surface area (Å²) in [5, 5.41) is 6.39. The second-order valence-electron chi connectivity index (χ2n) is 9.33. The number of ether oxygens (including phenoxy) is 1. The molecule has 0 radical (unpaired) electrons. The van der Waals surface area contributed by atoms with E-state index in [1.807, 2.05) is 13.8 Å². The summed E-state index contributed by atoms with van der Waals surface area (Å²) < 4.78 is 52.0. The molecular formula is C25H29F3N4O3. The van der Waals surface area contributed by atoms with Crippen molar-refractivity contribution in [2.75, 3.05) is 11.9 Å². The number of hydrogen-bond acceptors (Lipinski definition) is 6. The first-order chi connectivity index (χ1) is 16.3. The molecule has 7 nitrogen and oxygen atoms in total. The second kappa shape index (κ2) is 10.5. The maximum absolute atomic E-state index is 13.8. The van der Waals surface area contributed by atoms with E-state index >= 15 is 0 Å². The number of anilines is 1. The molecule has 0 aliphatic carbocycles. The lowest BCUT2D eigenvalue weighted by molar-refractivity contribution is -0.139. The molecule has 0 unspecified atom stereocenters. The number of halogens is 3. The molecule has 0 aliphatic heterocycles. The van der Waals surface area contributed by atoms with E-state index in [4.69, 9.17) is 15.0 Å². The SMILES string of the molecule is Cc1cc(CC(=O)Nc2cc(-c3ccc(OC[C@@](C)(N)CC(C)C)c(C(F)(F)F)c3)ccn2)no1. The van der Waals surface area contributed by atoms with E-state index in [0.29, 0.717) is 29.0 Å². The van der Waals surface area contributed by atoms with Gasteiger partial charge >= 0.3 is 6.18 Å². The van der Waals surface area contributed by atoms with Crippen LogP contribution in [0.5, 0.6) is 5.75 Å². The maximum Gasteiger partial charge on any atom is 0.419 e. The topological polar surface area (TPSA) is 103 Å². The average Bonchev–Trinajstić information content (AvgIpc) is 3.15. The van der Waals surface area contributed by atoms with Gasteiger partial charge in [0.1, 0.15) is 23.9 Å². The molecule has 3 rings (SSSR count). The van der Waals surface area contributed by atoms with Crippen molar-refractivity contribution in [2.24, 2.45) is 11.7 Å². The van der Waals surface area contributed by atoms with Gasteiger partial charge in [-0.2, -0.15) is 13.2 Å². The molecule has 2 heterocycles. The van der Waals surface area contributed by atoms with Crippen LogP contribution in [0.3, 0.4) is 0 Å². The standard InChI is InChI=1S/C25H29F3N4O3/c1-15(2)13-24(4,29)14-34-21-6-5-17(10-20(21)25(26,27)28)18-7-8-30-22(11-18)31-23(33)12-19-9-16(3)35-32-19/h5-11,15H,12-14,29H2,1-4H3,(H,30,31,33)/t24-/m0/s1. The second-order valence-corrected chi connectivity index (χ2v) is 9.33. The normalized spacial score (nSPS) is 13.5. The van der Waals surface area contributed by atoms with E-state index in [9.17, 15) is 18.0 Å². The van der Waals surface area contributed by atoms with Crippen LogP contribution in [0.15, 0.2) is 47.1 Å². The van der Waals surface area contributed by atoms with Gasteiger partial charge in [-0.1, -0.05) is 25.1 Å². The highest BCUT2D eigenvalue weighted by Crippen LogP contribution is 2.39. The lowest BCUT2D eigenvalue weighted by atomic mass is 9.93. The number of nitrogens with zero attached hydrogens (tertiary/aromatic N) is 2. The molecule has 3 N–H and O–H groups in total. The van der Waals surface area contributed by atoms with Crippen molar-refractivity contribution in [1.82, 2.24) is 10.1 Å². The highest BCUT2D eigenvalue weighted by atomic mass is 19.4. The van der Waals surface area contributed by atoms with Crippen LogP contribution < -0.4 is 15.8 Å². The Bertz CT molecular complexity index is 1170. The summed E-state index contributed by atoms with van der Waals surface area (Å²) in [6.45, 7) is 7.39. The number of hydrogen-bond donors (Lipinski definition) is 2. The number of alkyl halides is 3. The summed E-state index contributed by atoms with van der Waals surface area (Å²) in [5.41, 5.74) is 5.74. The Labute approximate surface area is 201 Å². The highest BCUT2D eigenvalue weighted by molar-refractivity contribution is 5.91. The Morgan fingerprint density at radius 3 is 2.51 bits per heavy atom. The van der Waals surface area contributed by atoms with Crippen LogP contribution in [0.1, 0.15) is 44.2 Å². The number of carbonyl (C=O) groups is 1. The van der Waals surface area contributed by atoms with Gasteiger partial charge in [0.2, 0.25) is 5.91 Å². The maximum atomic E-state index is 13.8. The molecule has 2 aromatic heterocycles. The van der Waals surface area contributed by atoms with E-state index in [1.165, 1.54) is 24.4 Å². The van der Waals surface area contributed by atoms with E-state index in [1.54, 1.807) is 26.0 Å². The van der Waals surface area contributed by atoms with Crippen molar-refractivity contribution >= 4 is 11.7 Å². The molecule has 0 bridgehead atoms. The van der Waals surface area contributed by atoms with Gasteiger partial charge in [-0.05, 0) is 61.6 Å². The molecule has 1 atom stereocenters. The first-order valence-corrected chi connectivity index (χ1v) is 11.1. The number of aromatic nitrogens is 2. The number of carbonyl (C=O) groups excluding carboxylic acids is 1. The third-order valence-electron chi connectivity index (χ3n) is 5.10. The van der Waals surface area contributed by atoms with Gasteiger partial charge < -0.3 is 20.3 Å². The zero-order valence-electron chi connectivity index (χ0n) is 20.1. The minimum atomic E-state index is -4.63. The molecule has 0 fully saturated rings. The molecule has 0 saturated carbocycles. The summed E-state index contributed by atoms with van der Waals surface area (Å²) in [4.78, 5) is 16.4. The summed E-state index contributed by atoms with van der Waals surface area (Å²) in [6.07, 6.45) is -2.64. The Balaban J connectivity index is 1.79. The van der Waals surface area contributed by atoms with Gasteiger partial charge in [-0.15, -0.1) is 0 Å². The molecule has 0 aliphatic rings. The number of nitrogens with one attached hydrogen (secondary N) is 1. The smallest absolute Gasteiger partial charge is 0.419 e. The van der Waals surface area contributed by atoms with Crippen LogP contribution in [-0.4, -0.2) is 28.2 Å². The van der Waals surface area contributed by atoms with Crippen molar-refractivity contribution in [3.63, 3.8) is 0 Å². The van der Waals surface area contributed by atoms with Crippen LogP contribution in [0.2, 0.25) is 0 Å². The van der Waals surface area contributed by atoms with Crippen molar-refractivity contribution in [1.29, 1.82) is 0 Å².